The minimum absolute atomic E-state index is 0. The van der Waals surface area contributed by atoms with E-state index in [0.717, 1.165) is 17.8 Å². The van der Waals surface area contributed by atoms with Gasteiger partial charge in [-0.25, -0.2) is 11.1 Å². The molecule has 0 nitrogen and oxygen atoms in total. The molecular weight excluding hydrogens is 619 g/mol. The van der Waals surface area contributed by atoms with Crippen LogP contribution in [0.4, 0.5) is 0 Å². The van der Waals surface area contributed by atoms with Crippen molar-refractivity contribution >= 4 is 21.5 Å². The molecule has 3 aromatic rings. The van der Waals surface area contributed by atoms with Gasteiger partial charge in [0.1, 0.15) is 0 Å². The Labute approximate surface area is 281 Å². The first-order chi connectivity index (χ1) is 17.8. The van der Waals surface area contributed by atoms with Crippen LogP contribution >= 0.6 is 0 Å². The quantitative estimate of drug-likeness (QED) is 0.327. The average Bonchev–Trinajstić information content (AvgIpc) is 3.35. The van der Waals surface area contributed by atoms with Gasteiger partial charge in [0.15, 0.2) is 0 Å². The SMILES string of the molecule is CC(C)(C)c1ccc2[cH-]c3ccc(C(C)(C)C)cc3c2c1.CC1=CC(C)[C-]=C1C12CC3CC(CC(C3)C1)C2.[Cl-].[Cl-].[Zr+4]. The maximum Gasteiger partial charge on any atom is 4.00 e. The summed E-state index contributed by atoms with van der Waals surface area (Å²) in [6.45, 7) is 18.3. The zero-order valence-electron chi connectivity index (χ0n) is 26.4. The fourth-order valence-corrected chi connectivity index (χ4v) is 8.76. The van der Waals surface area contributed by atoms with Crippen LogP contribution in [0.2, 0.25) is 0 Å². The van der Waals surface area contributed by atoms with E-state index in [1.807, 2.05) is 0 Å². The van der Waals surface area contributed by atoms with E-state index in [1.165, 1.54) is 51.9 Å². The predicted molar refractivity (Wildman–Crippen MR) is 165 cm³/mol. The van der Waals surface area contributed by atoms with Gasteiger partial charge in [-0.05, 0) is 72.5 Å². The monoisotopic (exact) mass is 664 g/mol. The van der Waals surface area contributed by atoms with Crippen molar-refractivity contribution < 1.29 is 51.0 Å². The van der Waals surface area contributed by atoms with E-state index < -0.39 is 0 Å². The normalized spacial score (nSPS) is 28.2. The molecule has 0 saturated heterocycles. The third-order valence-electron chi connectivity index (χ3n) is 10.3. The Hall–Kier alpha value is -0.747. The average molecular weight is 667 g/mol. The second kappa shape index (κ2) is 12.3. The van der Waals surface area contributed by atoms with E-state index in [2.05, 4.69) is 110 Å². The van der Waals surface area contributed by atoms with Crippen LogP contribution in [0.15, 0.2) is 59.7 Å². The molecule has 0 heterocycles. The first kappa shape index (κ1) is 34.7. The van der Waals surface area contributed by atoms with E-state index in [9.17, 15) is 0 Å². The summed E-state index contributed by atoms with van der Waals surface area (Å²) in [6, 6.07) is 16.1. The number of hydrogen-bond donors (Lipinski definition) is 0. The van der Waals surface area contributed by atoms with Crippen LogP contribution < -0.4 is 24.8 Å². The van der Waals surface area contributed by atoms with Crippen LogP contribution in [0.5, 0.6) is 0 Å². The molecule has 3 aromatic carbocycles. The maximum absolute atomic E-state index is 3.78. The molecule has 5 aliphatic rings. The van der Waals surface area contributed by atoms with Gasteiger partial charge in [0, 0.05) is 0 Å². The zero-order chi connectivity index (χ0) is 27.0. The van der Waals surface area contributed by atoms with Crippen LogP contribution in [0.25, 0.3) is 21.5 Å². The minimum atomic E-state index is 0. The third kappa shape index (κ3) is 6.69. The maximum atomic E-state index is 3.78. The molecule has 0 spiro atoms. The molecule has 41 heavy (non-hydrogen) atoms. The van der Waals surface area contributed by atoms with Gasteiger partial charge in [-0.1, -0.05) is 89.8 Å². The zero-order valence-corrected chi connectivity index (χ0v) is 30.4. The van der Waals surface area contributed by atoms with Gasteiger partial charge in [0.2, 0.25) is 0 Å². The van der Waals surface area contributed by atoms with Gasteiger partial charge in [-0.3, -0.25) is 6.08 Å². The van der Waals surface area contributed by atoms with Gasteiger partial charge in [-0.2, -0.15) is 6.08 Å². The summed E-state index contributed by atoms with van der Waals surface area (Å²) in [6.07, 6.45) is 15.3. The number of fused-ring (bicyclic) bond motifs is 3. The Morgan fingerprint density at radius 2 is 1.15 bits per heavy atom. The second-order valence-corrected chi connectivity index (χ2v) is 15.6. The minimum Gasteiger partial charge on any atom is -1.00 e. The molecule has 1 unspecified atom stereocenters. The Bertz CT molecular complexity index is 1340. The molecule has 4 saturated carbocycles. The van der Waals surface area contributed by atoms with Gasteiger partial charge in [0.05, 0.1) is 0 Å². The van der Waals surface area contributed by atoms with Gasteiger partial charge in [-0.15, -0.1) is 46.7 Å². The standard InChI is InChI=1S/C21H25.C17H23.2ClH.Zr/c1-20(2,3)16-9-7-14-11-15-8-10-17(21(4,5)6)13-19(15)18(14)12-16;1-11-3-12(2)16(4-11)17-8-13-5-14(9-17)7-15(6-13)10-17;;;/h7-13H,1-6H3;3,11,13-15H,5-10H2,1-2H3;2*1H;/q2*-1;;;+4/p-2. The topological polar surface area (TPSA) is 0 Å². The fraction of sp³-hybridized carbons (Fsp3) is 0.553. The van der Waals surface area contributed by atoms with E-state index in [4.69, 9.17) is 0 Å². The van der Waals surface area contributed by atoms with Crippen LogP contribution in [0.3, 0.4) is 0 Å². The van der Waals surface area contributed by atoms with Crippen LogP contribution in [-0.4, -0.2) is 0 Å². The van der Waals surface area contributed by atoms with Crippen LogP contribution in [-0.2, 0) is 37.0 Å². The van der Waals surface area contributed by atoms with Gasteiger partial charge >= 0.3 is 26.2 Å². The van der Waals surface area contributed by atoms with Crippen molar-refractivity contribution in [1.29, 1.82) is 0 Å². The van der Waals surface area contributed by atoms with E-state index >= 15 is 0 Å². The summed E-state index contributed by atoms with van der Waals surface area (Å²) >= 11 is 0. The molecule has 0 aromatic heterocycles. The molecule has 0 aliphatic heterocycles. The molecule has 1 atom stereocenters. The molecule has 3 heteroatoms. The fourth-order valence-electron chi connectivity index (χ4n) is 8.76. The van der Waals surface area contributed by atoms with Crippen molar-refractivity contribution in [2.24, 2.45) is 29.1 Å². The van der Waals surface area contributed by atoms with E-state index in [0.29, 0.717) is 11.3 Å². The molecule has 4 bridgehead atoms. The van der Waals surface area contributed by atoms with Crippen molar-refractivity contribution in [2.45, 2.75) is 105 Å². The van der Waals surface area contributed by atoms with Crippen LogP contribution in [0.1, 0.15) is 105 Å². The Kier molecular flexibility index (Phi) is 10.4. The summed E-state index contributed by atoms with van der Waals surface area (Å²) in [5, 5.41) is 5.49. The first-order valence-electron chi connectivity index (χ1n) is 15.3. The molecule has 5 aliphatic carbocycles. The smallest absolute Gasteiger partial charge is 1.00 e. The van der Waals surface area contributed by atoms with Crippen molar-refractivity contribution in [3.63, 3.8) is 0 Å². The Morgan fingerprint density at radius 1 is 0.732 bits per heavy atom. The summed E-state index contributed by atoms with van der Waals surface area (Å²) in [5.74, 6) is 3.73. The van der Waals surface area contributed by atoms with Crippen LogP contribution in [0, 0.1) is 35.2 Å². The van der Waals surface area contributed by atoms with Crippen molar-refractivity contribution in [1.82, 2.24) is 0 Å². The Balaban J connectivity index is 0.000000213. The summed E-state index contributed by atoms with van der Waals surface area (Å²) < 4.78 is 0. The summed E-state index contributed by atoms with van der Waals surface area (Å²) in [7, 11) is 0. The molecule has 0 N–H and O–H groups in total. The Morgan fingerprint density at radius 3 is 1.49 bits per heavy atom. The molecule has 8 rings (SSSR count). The van der Waals surface area contributed by atoms with Crippen molar-refractivity contribution in [3.05, 3.63) is 76.9 Å². The molecule has 0 amide bonds. The van der Waals surface area contributed by atoms with E-state index in [1.54, 1.807) is 30.4 Å². The number of hydrogen-bond acceptors (Lipinski definition) is 0. The number of rotatable bonds is 1. The summed E-state index contributed by atoms with van der Waals surface area (Å²) in [5.41, 5.74) is 6.97. The molecular formula is C38H48Cl2Zr. The number of benzene rings is 2. The van der Waals surface area contributed by atoms with Crippen molar-refractivity contribution in [3.8, 4) is 0 Å². The number of halogens is 2. The molecule has 0 radical (unpaired) electrons. The van der Waals surface area contributed by atoms with Crippen molar-refractivity contribution in [2.75, 3.05) is 0 Å². The summed E-state index contributed by atoms with van der Waals surface area (Å²) in [4.78, 5) is 0. The van der Waals surface area contributed by atoms with E-state index in [-0.39, 0.29) is 61.8 Å². The predicted octanol–water partition coefficient (Wildman–Crippen LogP) is 4.84. The molecule has 4 fully saturated rings. The number of allylic oxidation sites excluding steroid dienone is 4. The second-order valence-electron chi connectivity index (χ2n) is 15.6. The first-order valence-corrected chi connectivity index (χ1v) is 15.3. The third-order valence-corrected chi connectivity index (χ3v) is 10.3. The van der Waals surface area contributed by atoms with Gasteiger partial charge < -0.3 is 24.8 Å². The largest absolute Gasteiger partial charge is 4.00 e. The molecule has 218 valence electrons. The van der Waals surface area contributed by atoms with Gasteiger partial charge in [0.25, 0.3) is 0 Å².